The van der Waals surface area contributed by atoms with Crippen LogP contribution in [0.5, 0.6) is 0 Å². The molecule has 0 radical (unpaired) electrons. The summed E-state index contributed by atoms with van der Waals surface area (Å²) in [5.74, 6) is -1.88. The van der Waals surface area contributed by atoms with E-state index in [0.717, 1.165) is 11.3 Å². The number of esters is 1. The summed E-state index contributed by atoms with van der Waals surface area (Å²) in [5, 5.41) is 10.3. The van der Waals surface area contributed by atoms with Gasteiger partial charge in [0.1, 0.15) is 16.0 Å². The third-order valence-corrected chi connectivity index (χ3v) is 2.60. The number of rotatable bonds is 2. The molecule has 0 saturated carbocycles. The molecule has 88 valence electrons. The van der Waals surface area contributed by atoms with E-state index in [1.807, 2.05) is 0 Å². The monoisotopic (exact) mass is 243 g/mol. The summed E-state index contributed by atoms with van der Waals surface area (Å²) >= 11 is 0.913. The van der Waals surface area contributed by atoms with Gasteiger partial charge < -0.3 is 15.6 Å². The van der Waals surface area contributed by atoms with E-state index in [-0.39, 0.29) is 16.1 Å². The first-order valence-corrected chi connectivity index (χ1v) is 5.44. The molecule has 0 atom stereocenters. The Balaban J connectivity index is 3.08. The molecular weight excluding hydrogens is 230 g/mol. The highest BCUT2D eigenvalue weighted by Gasteiger charge is 2.26. The molecule has 0 fully saturated rings. The van der Waals surface area contributed by atoms with Crippen molar-refractivity contribution in [3.63, 3.8) is 0 Å². The van der Waals surface area contributed by atoms with Crippen LogP contribution in [0.4, 0.5) is 5.69 Å². The van der Waals surface area contributed by atoms with Gasteiger partial charge in [0.15, 0.2) is 0 Å². The molecule has 1 aromatic rings. The number of nitrogens with two attached hydrogens (primary N) is 1. The first-order chi connectivity index (χ1) is 7.22. The third-order valence-electron chi connectivity index (χ3n) is 1.62. The molecular formula is C10H13NO4S. The van der Waals surface area contributed by atoms with Crippen molar-refractivity contribution < 1.29 is 19.4 Å². The number of anilines is 1. The smallest absolute Gasteiger partial charge is 0.346 e. The predicted molar refractivity (Wildman–Crippen MR) is 60.9 cm³/mol. The standard InChI is InChI=1S/C10H13NO4S/c1-10(2,3)15-9(14)6-5(11)4-16-7(6)8(12)13/h4H,11H2,1-3H3,(H,12,13). The number of thiophene rings is 1. The van der Waals surface area contributed by atoms with Gasteiger partial charge >= 0.3 is 11.9 Å². The van der Waals surface area contributed by atoms with E-state index in [4.69, 9.17) is 15.6 Å². The second kappa shape index (κ2) is 4.13. The Morgan fingerprint density at radius 2 is 2.00 bits per heavy atom. The number of aromatic carboxylic acids is 1. The van der Waals surface area contributed by atoms with Gasteiger partial charge in [-0.3, -0.25) is 0 Å². The van der Waals surface area contributed by atoms with Gasteiger partial charge in [-0.05, 0) is 20.8 Å². The number of nitrogen functional groups attached to an aromatic ring is 1. The lowest BCUT2D eigenvalue weighted by atomic mass is 10.1. The second-order valence-corrected chi connectivity index (χ2v) is 5.08. The van der Waals surface area contributed by atoms with Crippen LogP contribution < -0.4 is 5.73 Å². The number of hydrogen-bond donors (Lipinski definition) is 2. The van der Waals surface area contributed by atoms with Gasteiger partial charge in [0, 0.05) is 5.38 Å². The molecule has 5 nitrogen and oxygen atoms in total. The van der Waals surface area contributed by atoms with E-state index in [0.29, 0.717) is 0 Å². The Hall–Kier alpha value is -1.56. The van der Waals surface area contributed by atoms with Crippen LogP contribution in [-0.2, 0) is 4.74 Å². The quantitative estimate of drug-likeness (QED) is 0.775. The van der Waals surface area contributed by atoms with Crippen LogP contribution in [0.2, 0.25) is 0 Å². The summed E-state index contributed by atoms with van der Waals surface area (Å²) in [5.41, 5.74) is 4.94. The van der Waals surface area contributed by atoms with E-state index in [2.05, 4.69) is 0 Å². The van der Waals surface area contributed by atoms with Crippen LogP contribution in [0, 0.1) is 0 Å². The summed E-state index contributed by atoms with van der Waals surface area (Å²) in [4.78, 5) is 22.5. The summed E-state index contributed by atoms with van der Waals surface area (Å²) in [7, 11) is 0. The third kappa shape index (κ3) is 2.73. The van der Waals surface area contributed by atoms with Crippen LogP contribution in [0.1, 0.15) is 40.8 Å². The van der Waals surface area contributed by atoms with Crippen LogP contribution in [0.3, 0.4) is 0 Å². The normalized spacial score (nSPS) is 11.2. The first-order valence-electron chi connectivity index (χ1n) is 4.56. The van der Waals surface area contributed by atoms with Gasteiger partial charge in [-0.2, -0.15) is 0 Å². The summed E-state index contributed by atoms with van der Waals surface area (Å²) in [6.45, 7) is 5.11. The molecule has 1 aromatic heterocycles. The fourth-order valence-electron chi connectivity index (χ4n) is 1.07. The molecule has 0 aliphatic heterocycles. The van der Waals surface area contributed by atoms with Crippen LogP contribution >= 0.6 is 11.3 Å². The molecule has 0 unspecified atom stereocenters. The van der Waals surface area contributed by atoms with Crippen molar-refractivity contribution in [3.8, 4) is 0 Å². The van der Waals surface area contributed by atoms with Gasteiger partial charge in [0.2, 0.25) is 0 Å². The molecule has 0 spiro atoms. The summed E-state index contributed by atoms with van der Waals surface area (Å²) in [6, 6.07) is 0. The first kappa shape index (κ1) is 12.5. The minimum absolute atomic E-state index is 0.0626. The summed E-state index contributed by atoms with van der Waals surface area (Å²) in [6.07, 6.45) is 0. The SMILES string of the molecule is CC(C)(C)OC(=O)c1c(N)csc1C(=O)O. The van der Waals surface area contributed by atoms with Crippen molar-refractivity contribution in [3.05, 3.63) is 15.8 Å². The zero-order chi connectivity index (χ0) is 12.5. The van der Waals surface area contributed by atoms with Crippen LogP contribution in [0.15, 0.2) is 5.38 Å². The zero-order valence-electron chi connectivity index (χ0n) is 9.23. The number of carboxylic acid groups (broad SMARTS) is 1. The molecule has 3 N–H and O–H groups in total. The molecule has 0 amide bonds. The number of hydrogen-bond acceptors (Lipinski definition) is 5. The van der Waals surface area contributed by atoms with Crippen molar-refractivity contribution in [1.29, 1.82) is 0 Å². The molecule has 1 rings (SSSR count). The average molecular weight is 243 g/mol. The fraction of sp³-hybridized carbons (Fsp3) is 0.400. The largest absolute Gasteiger partial charge is 0.477 e. The minimum atomic E-state index is -1.18. The van der Waals surface area contributed by atoms with E-state index in [1.54, 1.807) is 20.8 Å². The number of carbonyl (C=O) groups is 2. The minimum Gasteiger partial charge on any atom is -0.477 e. The lowest BCUT2D eigenvalue weighted by molar-refractivity contribution is 0.00680. The summed E-state index contributed by atoms with van der Waals surface area (Å²) < 4.78 is 5.08. The maximum absolute atomic E-state index is 11.7. The van der Waals surface area contributed by atoms with Crippen molar-refractivity contribution in [2.24, 2.45) is 0 Å². The predicted octanol–water partition coefficient (Wildman–Crippen LogP) is 1.98. The number of carbonyl (C=O) groups excluding carboxylic acids is 1. The topological polar surface area (TPSA) is 89.6 Å². The lowest BCUT2D eigenvalue weighted by Gasteiger charge is -2.19. The highest BCUT2D eigenvalue weighted by Crippen LogP contribution is 2.27. The fourth-order valence-corrected chi connectivity index (χ4v) is 1.85. The van der Waals surface area contributed by atoms with Crippen molar-refractivity contribution >= 4 is 29.0 Å². The van der Waals surface area contributed by atoms with Gasteiger partial charge in [-0.1, -0.05) is 0 Å². The van der Waals surface area contributed by atoms with Crippen molar-refractivity contribution in [2.45, 2.75) is 26.4 Å². The molecule has 6 heteroatoms. The Labute approximate surface area is 96.8 Å². The maximum Gasteiger partial charge on any atom is 0.346 e. The van der Waals surface area contributed by atoms with E-state index < -0.39 is 17.5 Å². The van der Waals surface area contributed by atoms with E-state index >= 15 is 0 Å². The lowest BCUT2D eigenvalue weighted by Crippen LogP contribution is -2.25. The Bertz CT molecular complexity index is 431. The highest BCUT2D eigenvalue weighted by atomic mass is 32.1. The average Bonchev–Trinajstić information content (AvgIpc) is 2.43. The Morgan fingerprint density at radius 3 is 2.44 bits per heavy atom. The molecule has 0 bridgehead atoms. The van der Waals surface area contributed by atoms with Gasteiger partial charge in [-0.25, -0.2) is 9.59 Å². The Kier molecular flexibility index (Phi) is 3.23. The van der Waals surface area contributed by atoms with Crippen molar-refractivity contribution in [1.82, 2.24) is 0 Å². The maximum atomic E-state index is 11.7. The van der Waals surface area contributed by atoms with Crippen LogP contribution in [0.25, 0.3) is 0 Å². The van der Waals surface area contributed by atoms with Gasteiger partial charge in [-0.15, -0.1) is 11.3 Å². The highest BCUT2D eigenvalue weighted by molar-refractivity contribution is 7.13. The molecule has 0 aliphatic rings. The van der Waals surface area contributed by atoms with Gasteiger partial charge in [0.05, 0.1) is 5.69 Å². The van der Waals surface area contributed by atoms with Gasteiger partial charge in [0.25, 0.3) is 0 Å². The molecule has 0 aromatic carbocycles. The van der Waals surface area contributed by atoms with Crippen LogP contribution in [-0.4, -0.2) is 22.6 Å². The zero-order valence-corrected chi connectivity index (χ0v) is 10.1. The van der Waals surface area contributed by atoms with Crippen molar-refractivity contribution in [2.75, 3.05) is 5.73 Å². The number of carboxylic acids is 1. The molecule has 0 saturated heterocycles. The van der Waals surface area contributed by atoms with E-state index in [1.165, 1.54) is 5.38 Å². The second-order valence-electron chi connectivity index (χ2n) is 4.20. The Morgan fingerprint density at radius 1 is 1.44 bits per heavy atom. The van der Waals surface area contributed by atoms with E-state index in [9.17, 15) is 9.59 Å². The molecule has 16 heavy (non-hydrogen) atoms. The molecule has 1 heterocycles. The molecule has 0 aliphatic carbocycles. The number of ether oxygens (including phenoxy) is 1.